The van der Waals surface area contributed by atoms with Crippen molar-refractivity contribution in [1.29, 1.82) is 0 Å². The summed E-state index contributed by atoms with van der Waals surface area (Å²) >= 11 is 1.76. The van der Waals surface area contributed by atoms with Gasteiger partial charge in [-0.05, 0) is 60.3 Å². The second kappa shape index (κ2) is 8.90. The molecule has 2 bridgehead atoms. The third-order valence-electron chi connectivity index (χ3n) is 5.55. The van der Waals surface area contributed by atoms with Crippen molar-refractivity contribution >= 4 is 23.4 Å². The van der Waals surface area contributed by atoms with Crippen molar-refractivity contribution in [3.05, 3.63) is 15.6 Å². The molecule has 2 aliphatic heterocycles. The van der Waals surface area contributed by atoms with Crippen LogP contribution >= 0.6 is 11.3 Å². The number of aromatic nitrogens is 1. The monoisotopic (exact) mass is 421 g/mol. The zero-order chi connectivity index (χ0) is 21.2. The number of guanidine groups is 1. The van der Waals surface area contributed by atoms with Gasteiger partial charge in [-0.1, -0.05) is 0 Å². The molecular weight excluding hydrogens is 386 g/mol. The third kappa shape index (κ3) is 5.62. The Morgan fingerprint density at radius 1 is 1.28 bits per heavy atom. The van der Waals surface area contributed by atoms with E-state index < -0.39 is 5.60 Å². The van der Waals surface area contributed by atoms with E-state index in [2.05, 4.69) is 27.5 Å². The molecule has 1 aromatic heterocycles. The average molecular weight is 422 g/mol. The fourth-order valence-electron chi connectivity index (χ4n) is 4.40. The largest absolute Gasteiger partial charge is 0.444 e. The average Bonchev–Trinajstić information content (AvgIpc) is 3.08. The maximum absolute atomic E-state index is 12.6. The number of thiazole rings is 1. The first-order valence-corrected chi connectivity index (χ1v) is 11.4. The van der Waals surface area contributed by atoms with Gasteiger partial charge in [0.05, 0.1) is 10.7 Å². The van der Waals surface area contributed by atoms with E-state index in [4.69, 9.17) is 4.74 Å². The number of fused-ring (bicyclic) bond motifs is 2. The lowest BCUT2D eigenvalue weighted by Crippen LogP contribution is -2.55. The topological polar surface area (TPSA) is 78.9 Å². The number of ether oxygens (including phenoxy) is 1. The molecule has 7 nitrogen and oxygen atoms in total. The van der Waals surface area contributed by atoms with E-state index in [1.165, 1.54) is 4.88 Å². The zero-order valence-corrected chi connectivity index (χ0v) is 19.4. The van der Waals surface area contributed by atoms with E-state index in [1.54, 1.807) is 11.3 Å². The molecule has 162 valence electrons. The van der Waals surface area contributed by atoms with E-state index >= 15 is 0 Å². The van der Waals surface area contributed by atoms with Gasteiger partial charge in [0.1, 0.15) is 5.60 Å². The fourth-order valence-corrected chi connectivity index (χ4v) is 5.33. The maximum Gasteiger partial charge on any atom is 0.410 e. The SMILES string of the molecule is CN=C(NCCc1sc(C)nc1C)NC1CC2CCC(C1)N2C(=O)OC(C)(C)C. The molecule has 3 heterocycles. The van der Waals surface area contributed by atoms with Crippen LogP contribution in [-0.4, -0.2) is 59.3 Å². The summed E-state index contributed by atoms with van der Waals surface area (Å²) in [5.74, 6) is 0.832. The summed E-state index contributed by atoms with van der Waals surface area (Å²) in [7, 11) is 1.81. The van der Waals surface area contributed by atoms with Crippen molar-refractivity contribution in [1.82, 2.24) is 20.5 Å². The number of hydrogen-bond donors (Lipinski definition) is 2. The summed E-state index contributed by atoms with van der Waals surface area (Å²) < 4.78 is 5.63. The van der Waals surface area contributed by atoms with Gasteiger partial charge in [0.25, 0.3) is 0 Å². The lowest BCUT2D eigenvalue weighted by atomic mass is 9.98. The maximum atomic E-state index is 12.6. The molecule has 2 N–H and O–H groups in total. The van der Waals surface area contributed by atoms with Crippen molar-refractivity contribution in [2.75, 3.05) is 13.6 Å². The number of piperidine rings is 1. The van der Waals surface area contributed by atoms with Gasteiger partial charge in [0, 0.05) is 43.0 Å². The van der Waals surface area contributed by atoms with Crippen LogP contribution in [0.25, 0.3) is 0 Å². The number of nitrogens with one attached hydrogen (secondary N) is 2. The summed E-state index contributed by atoms with van der Waals surface area (Å²) in [6.45, 7) is 10.7. The Kier molecular flexibility index (Phi) is 6.71. The normalized spacial score (nSPS) is 24.6. The van der Waals surface area contributed by atoms with Gasteiger partial charge in [-0.2, -0.15) is 0 Å². The van der Waals surface area contributed by atoms with Crippen LogP contribution in [-0.2, 0) is 11.2 Å². The summed E-state index contributed by atoms with van der Waals surface area (Å²) in [6.07, 6.45) is 4.75. The Morgan fingerprint density at radius 2 is 1.93 bits per heavy atom. The Balaban J connectivity index is 1.49. The predicted octanol–water partition coefficient (Wildman–Crippen LogP) is 3.40. The van der Waals surface area contributed by atoms with Crippen LogP contribution in [0.4, 0.5) is 4.79 Å². The minimum absolute atomic E-state index is 0.166. The highest BCUT2D eigenvalue weighted by molar-refractivity contribution is 7.11. The molecule has 0 saturated carbocycles. The third-order valence-corrected chi connectivity index (χ3v) is 6.68. The minimum Gasteiger partial charge on any atom is -0.444 e. The number of carbonyl (C=O) groups excluding carboxylic acids is 1. The molecule has 1 amide bonds. The number of carbonyl (C=O) groups is 1. The Labute approximate surface area is 178 Å². The Bertz CT molecular complexity index is 741. The molecule has 2 saturated heterocycles. The van der Waals surface area contributed by atoms with Gasteiger partial charge in [0.15, 0.2) is 5.96 Å². The number of nitrogens with zero attached hydrogens (tertiary/aromatic N) is 3. The second-order valence-corrected chi connectivity index (χ2v) is 10.4. The van der Waals surface area contributed by atoms with Crippen LogP contribution in [0.15, 0.2) is 4.99 Å². The first kappa shape index (κ1) is 21.9. The quantitative estimate of drug-likeness (QED) is 0.575. The smallest absolute Gasteiger partial charge is 0.410 e. The lowest BCUT2D eigenvalue weighted by molar-refractivity contribution is 0.00545. The Hall–Kier alpha value is -1.83. The van der Waals surface area contributed by atoms with Crippen molar-refractivity contribution < 1.29 is 9.53 Å². The van der Waals surface area contributed by atoms with Gasteiger partial charge in [-0.25, -0.2) is 9.78 Å². The van der Waals surface area contributed by atoms with Crippen LogP contribution < -0.4 is 10.6 Å². The molecule has 0 aliphatic carbocycles. The second-order valence-electron chi connectivity index (χ2n) is 9.08. The Morgan fingerprint density at radius 3 is 2.45 bits per heavy atom. The molecule has 1 aromatic rings. The van der Waals surface area contributed by atoms with Gasteiger partial charge in [-0.15, -0.1) is 11.3 Å². The summed E-state index contributed by atoms with van der Waals surface area (Å²) in [5.41, 5.74) is 0.676. The number of rotatable bonds is 4. The highest BCUT2D eigenvalue weighted by Crippen LogP contribution is 2.36. The van der Waals surface area contributed by atoms with Crippen LogP contribution in [0.1, 0.15) is 62.0 Å². The number of amides is 1. The summed E-state index contributed by atoms with van der Waals surface area (Å²) in [4.78, 5) is 24.8. The molecule has 2 unspecified atom stereocenters. The van der Waals surface area contributed by atoms with Crippen LogP contribution in [0.2, 0.25) is 0 Å². The molecule has 0 radical (unpaired) electrons. The van der Waals surface area contributed by atoms with Crippen LogP contribution in [0, 0.1) is 13.8 Å². The summed E-state index contributed by atoms with van der Waals surface area (Å²) in [5, 5.41) is 8.12. The van der Waals surface area contributed by atoms with E-state index in [9.17, 15) is 4.79 Å². The molecule has 8 heteroatoms. The number of aryl methyl sites for hydroxylation is 2. The highest BCUT2D eigenvalue weighted by Gasteiger charge is 2.45. The highest BCUT2D eigenvalue weighted by atomic mass is 32.1. The van der Waals surface area contributed by atoms with E-state index in [1.807, 2.05) is 39.6 Å². The molecule has 29 heavy (non-hydrogen) atoms. The molecule has 0 aromatic carbocycles. The molecule has 2 atom stereocenters. The van der Waals surface area contributed by atoms with Crippen molar-refractivity contribution in [3.8, 4) is 0 Å². The van der Waals surface area contributed by atoms with Crippen LogP contribution in [0.5, 0.6) is 0 Å². The number of hydrogen-bond acceptors (Lipinski definition) is 5. The van der Waals surface area contributed by atoms with E-state index in [0.29, 0.717) is 6.04 Å². The zero-order valence-electron chi connectivity index (χ0n) is 18.5. The standard InChI is InChI=1S/C21H35N5O2S/c1-13-18(29-14(2)24-13)9-10-23-19(22-6)25-15-11-16-7-8-17(12-15)26(16)20(27)28-21(3,4)5/h15-17H,7-12H2,1-6H3,(H2,22,23,25). The molecular formula is C21H35N5O2S. The molecule has 0 spiro atoms. The first-order valence-electron chi connectivity index (χ1n) is 10.6. The summed E-state index contributed by atoms with van der Waals surface area (Å²) in [6, 6.07) is 0.828. The first-order chi connectivity index (χ1) is 13.7. The van der Waals surface area contributed by atoms with Gasteiger partial charge < -0.3 is 20.3 Å². The molecule has 3 rings (SSSR count). The van der Waals surface area contributed by atoms with Crippen molar-refractivity contribution in [3.63, 3.8) is 0 Å². The van der Waals surface area contributed by atoms with Gasteiger partial charge >= 0.3 is 6.09 Å². The van der Waals surface area contributed by atoms with Crippen LogP contribution in [0.3, 0.4) is 0 Å². The molecule has 2 fully saturated rings. The van der Waals surface area contributed by atoms with Crippen molar-refractivity contribution in [2.45, 2.75) is 90.4 Å². The predicted molar refractivity (Wildman–Crippen MR) is 118 cm³/mol. The fraction of sp³-hybridized carbons (Fsp3) is 0.762. The van der Waals surface area contributed by atoms with E-state index in [0.717, 1.165) is 55.3 Å². The number of aliphatic imine (C=N–C) groups is 1. The van der Waals surface area contributed by atoms with E-state index in [-0.39, 0.29) is 18.2 Å². The van der Waals surface area contributed by atoms with Crippen molar-refractivity contribution in [2.24, 2.45) is 4.99 Å². The molecule has 2 aliphatic rings. The minimum atomic E-state index is -0.452. The van der Waals surface area contributed by atoms with Gasteiger partial charge in [0.2, 0.25) is 0 Å². The van der Waals surface area contributed by atoms with Gasteiger partial charge in [-0.3, -0.25) is 4.99 Å². The lowest BCUT2D eigenvalue weighted by Gasteiger charge is -2.40.